The molecular weight excluding hydrogens is 241 g/mol. The number of methoxy groups -OCH3 is 1. The molecule has 0 aliphatic rings. The molecule has 0 unspecified atom stereocenters. The molecule has 0 aliphatic carbocycles. The van der Waals surface area contributed by atoms with E-state index in [0.717, 1.165) is 4.90 Å². The largest absolute Gasteiger partial charge is 0.466 e. The average molecular weight is 255 g/mol. The molecule has 0 aromatic heterocycles. The van der Waals surface area contributed by atoms with Gasteiger partial charge in [-0.1, -0.05) is 6.08 Å². The van der Waals surface area contributed by atoms with Crippen LogP contribution in [0.3, 0.4) is 0 Å². The minimum atomic E-state index is -0.354. The van der Waals surface area contributed by atoms with Gasteiger partial charge in [-0.3, -0.25) is 0 Å². The Labute approximate surface area is 104 Å². The molecule has 0 heterocycles. The van der Waals surface area contributed by atoms with Crippen LogP contribution in [0.4, 0.5) is 10.1 Å². The van der Waals surface area contributed by atoms with E-state index in [1.807, 2.05) is 0 Å². The molecule has 0 spiro atoms. The fourth-order valence-corrected chi connectivity index (χ4v) is 2.05. The Hall–Kier alpha value is -1.49. The smallest absolute Gasteiger partial charge is 0.333 e. The maximum absolute atomic E-state index is 12.8. The highest BCUT2D eigenvalue weighted by molar-refractivity contribution is 7.99. The van der Waals surface area contributed by atoms with Gasteiger partial charge in [0.2, 0.25) is 0 Å². The molecule has 0 atom stereocenters. The summed E-state index contributed by atoms with van der Waals surface area (Å²) < 4.78 is 17.4. The molecule has 0 saturated heterocycles. The van der Waals surface area contributed by atoms with Gasteiger partial charge in [0.25, 0.3) is 0 Å². The summed E-state index contributed by atoms with van der Waals surface area (Å²) in [5, 5.41) is 0. The Bertz CT molecular complexity index is 446. The van der Waals surface area contributed by atoms with E-state index in [4.69, 9.17) is 5.73 Å². The number of benzene rings is 1. The van der Waals surface area contributed by atoms with Crippen LogP contribution in [0, 0.1) is 5.82 Å². The molecule has 1 aromatic carbocycles. The second-order valence-electron chi connectivity index (χ2n) is 3.37. The quantitative estimate of drug-likeness (QED) is 0.389. The van der Waals surface area contributed by atoms with E-state index in [2.05, 4.69) is 4.74 Å². The zero-order chi connectivity index (χ0) is 12.8. The summed E-state index contributed by atoms with van der Waals surface area (Å²) in [6.07, 6.45) is 1.75. The van der Waals surface area contributed by atoms with Gasteiger partial charge < -0.3 is 10.5 Å². The highest BCUT2D eigenvalue weighted by Crippen LogP contribution is 2.25. The lowest BCUT2D eigenvalue weighted by Crippen LogP contribution is -2.01. The molecule has 0 aliphatic heterocycles. The second kappa shape index (κ2) is 6.30. The number of thioether (sulfide) groups is 1. The number of hydrogen-bond acceptors (Lipinski definition) is 4. The Morgan fingerprint density at radius 1 is 1.59 bits per heavy atom. The predicted octanol–water partition coefficient (Wildman–Crippen LogP) is 2.62. The zero-order valence-corrected chi connectivity index (χ0v) is 10.5. The lowest BCUT2D eigenvalue weighted by molar-refractivity contribution is -0.136. The van der Waals surface area contributed by atoms with Crippen molar-refractivity contribution < 1.29 is 13.9 Å². The number of nitrogens with two attached hydrogens (primary N) is 1. The van der Waals surface area contributed by atoms with Crippen molar-refractivity contribution in [3.05, 3.63) is 35.7 Å². The van der Waals surface area contributed by atoms with Crippen LogP contribution in [-0.2, 0) is 9.53 Å². The topological polar surface area (TPSA) is 52.3 Å². The molecule has 92 valence electrons. The van der Waals surface area contributed by atoms with Gasteiger partial charge in [-0.25, -0.2) is 9.18 Å². The molecule has 5 heteroatoms. The van der Waals surface area contributed by atoms with Gasteiger partial charge in [0.15, 0.2) is 0 Å². The summed E-state index contributed by atoms with van der Waals surface area (Å²) in [7, 11) is 1.34. The summed E-state index contributed by atoms with van der Waals surface area (Å²) in [5.74, 6) is -0.123. The van der Waals surface area contributed by atoms with Crippen LogP contribution < -0.4 is 5.73 Å². The number of hydrogen-bond donors (Lipinski definition) is 1. The maximum Gasteiger partial charge on any atom is 0.333 e. The van der Waals surface area contributed by atoms with E-state index in [-0.39, 0.29) is 11.8 Å². The maximum atomic E-state index is 12.8. The molecular formula is C12H14FNO2S. The number of anilines is 1. The van der Waals surface area contributed by atoms with Gasteiger partial charge in [-0.2, -0.15) is 0 Å². The number of carbonyl (C=O) groups is 1. The van der Waals surface area contributed by atoms with E-state index in [0.29, 0.717) is 17.0 Å². The van der Waals surface area contributed by atoms with Crippen molar-refractivity contribution in [2.24, 2.45) is 0 Å². The Kier molecular flexibility index (Phi) is 5.03. The van der Waals surface area contributed by atoms with E-state index < -0.39 is 0 Å². The van der Waals surface area contributed by atoms with Crippen molar-refractivity contribution in [1.82, 2.24) is 0 Å². The highest BCUT2D eigenvalue weighted by atomic mass is 32.2. The minimum absolute atomic E-state index is 0.349. The monoisotopic (exact) mass is 255 g/mol. The minimum Gasteiger partial charge on any atom is -0.466 e. The van der Waals surface area contributed by atoms with Crippen LogP contribution in [0.1, 0.15) is 6.92 Å². The third kappa shape index (κ3) is 4.11. The first-order valence-corrected chi connectivity index (χ1v) is 5.96. The van der Waals surface area contributed by atoms with Crippen molar-refractivity contribution in [2.45, 2.75) is 11.8 Å². The molecule has 2 N–H and O–H groups in total. The lowest BCUT2D eigenvalue weighted by atomic mass is 10.3. The van der Waals surface area contributed by atoms with Gasteiger partial charge >= 0.3 is 5.97 Å². The molecule has 0 fully saturated rings. The first-order valence-electron chi connectivity index (χ1n) is 4.97. The zero-order valence-electron chi connectivity index (χ0n) is 9.70. The van der Waals surface area contributed by atoms with Gasteiger partial charge in [0, 0.05) is 21.9 Å². The summed E-state index contributed by atoms with van der Waals surface area (Å²) in [4.78, 5) is 11.9. The molecule has 17 heavy (non-hydrogen) atoms. The predicted molar refractivity (Wildman–Crippen MR) is 67.3 cm³/mol. The standard InChI is InChI=1S/C12H14FNO2S/c1-8(12(15)16-2)5-6-17-11-4-3-9(13)7-10(11)14/h3-5,7H,6,14H2,1-2H3. The van der Waals surface area contributed by atoms with Crippen molar-refractivity contribution >= 4 is 23.4 Å². The number of halogens is 1. The molecule has 3 nitrogen and oxygen atoms in total. The normalized spacial score (nSPS) is 11.4. The summed E-state index contributed by atoms with van der Waals surface area (Å²) in [6, 6.07) is 4.26. The van der Waals surface area contributed by atoms with Crippen LogP contribution in [0.2, 0.25) is 0 Å². The van der Waals surface area contributed by atoms with Crippen LogP contribution >= 0.6 is 11.8 Å². The summed E-state index contributed by atoms with van der Waals surface area (Å²) >= 11 is 1.44. The molecule has 1 rings (SSSR count). The Balaban J connectivity index is 2.59. The average Bonchev–Trinajstić information content (AvgIpc) is 2.30. The third-order valence-electron chi connectivity index (χ3n) is 2.11. The van der Waals surface area contributed by atoms with Crippen molar-refractivity contribution in [3.63, 3.8) is 0 Å². The van der Waals surface area contributed by atoms with Crippen molar-refractivity contribution in [3.8, 4) is 0 Å². The van der Waals surface area contributed by atoms with Gasteiger partial charge in [-0.05, 0) is 25.1 Å². The Morgan fingerprint density at radius 3 is 2.88 bits per heavy atom. The molecule has 1 aromatic rings. The first kappa shape index (κ1) is 13.6. The lowest BCUT2D eigenvalue weighted by Gasteiger charge is -2.03. The van der Waals surface area contributed by atoms with E-state index in [1.165, 1.54) is 31.0 Å². The van der Waals surface area contributed by atoms with Gasteiger partial charge in [0.1, 0.15) is 5.82 Å². The van der Waals surface area contributed by atoms with Crippen LogP contribution in [0.25, 0.3) is 0 Å². The number of nitrogen functional groups attached to an aromatic ring is 1. The van der Waals surface area contributed by atoms with Gasteiger partial charge in [0.05, 0.1) is 7.11 Å². The van der Waals surface area contributed by atoms with E-state index in [1.54, 1.807) is 19.1 Å². The van der Waals surface area contributed by atoms with Crippen LogP contribution in [-0.4, -0.2) is 18.8 Å². The van der Waals surface area contributed by atoms with E-state index in [9.17, 15) is 9.18 Å². The summed E-state index contributed by atoms with van der Waals surface area (Å²) in [5.41, 5.74) is 6.60. The SMILES string of the molecule is COC(=O)C(C)=CCSc1ccc(F)cc1N. The molecule has 0 radical (unpaired) electrons. The fourth-order valence-electron chi connectivity index (χ4n) is 1.15. The van der Waals surface area contributed by atoms with Crippen LogP contribution in [0.15, 0.2) is 34.7 Å². The highest BCUT2D eigenvalue weighted by Gasteiger charge is 2.03. The van der Waals surface area contributed by atoms with E-state index >= 15 is 0 Å². The van der Waals surface area contributed by atoms with Crippen molar-refractivity contribution in [2.75, 3.05) is 18.6 Å². The van der Waals surface area contributed by atoms with Gasteiger partial charge in [-0.15, -0.1) is 11.8 Å². The number of ether oxygens (including phenoxy) is 1. The first-order chi connectivity index (χ1) is 8.04. The number of rotatable bonds is 4. The fraction of sp³-hybridized carbons (Fsp3) is 0.250. The number of carbonyl (C=O) groups excluding carboxylic acids is 1. The second-order valence-corrected chi connectivity index (χ2v) is 4.43. The summed E-state index contributed by atoms with van der Waals surface area (Å²) in [6.45, 7) is 1.68. The Morgan fingerprint density at radius 2 is 2.29 bits per heavy atom. The third-order valence-corrected chi connectivity index (χ3v) is 3.12. The molecule has 0 saturated carbocycles. The molecule has 0 bridgehead atoms. The van der Waals surface area contributed by atoms with Crippen LogP contribution in [0.5, 0.6) is 0 Å². The van der Waals surface area contributed by atoms with Crippen molar-refractivity contribution in [1.29, 1.82) is 0 Å². The number of esters is 1. The molecule has 0 amide bonds.